The van der Waals surface area contributed by atoms with Crippen LogP contribution in [0.4, 0.5) is 10.1 Å². The molecule has 0 saturated carbocycles. The van der Waals surface area contributed by atoms with Crippen molar-refractivity contribution in [3.05, 3.63) is 68.3 Å². The van der Waals surface area contributed by atoms with Crippen LogP contribution in [-0.4, -0.2) is 6.73 Å². The molecule has 4 nitrogen and oxygen atoms in total. The number of hydrogen-bond donors (Lipinski definition) is 0. The first-order chi connectivity index (χ1) is 12.0. The molecule has 6 heteroatoms. The number of halogens is 2. The summed E-state index contributed by atoms with van der Waals surface area (Å²) in [6, 6.07) is 8.32. The van der Waals surface area contributed by atoms with Crippen molar-refractivity contribution in [3.63, 3.8) is 0 Å². The zero-order chi connectivity index (χ0) is 17.7. The van der Waals surface area contributed by atoms with Crippen molar-refractivity contribution in [1.82, 2.24) is 0 Å². The number of aryl methyl sites for hydroxylation is 1. The van der Waals surface area contributed by atoms with Gasteiger partial charge in [-0.15, -0.1) is 0 Å². The van der Waals surface area contributed by atoms with Gasteiger partial charge in [0.2, 0.25) is 0 Å². The number of hydrogen-bond acceptors (Lipinski definition) is 4. The number of anilines is 1. The summed E-state index contributed by atoms with van der Waals surface area (Å²) in [6.07, 6.45) is 0. The summed E-state index contributed by atoms with van der Waals surface area (Å²) >= 11 is 5.88. The lowest BCUT2D eigenvalue weighted by Crippen LogP contribution is -2.32. The minimum atomic E-state index is -0.466. The van der Waals surface area contributed by atoms with Crippen LogP contribution in [0.25, 0.3) is 11.0 Å². The molecule has 0 radical (unpaired) electrons. The zero-order valence-corrected chi connectivity index (χ0v) is 14.5. The molecular weight excluding hydrogens is 345 g/mol. The van der Waals surface area contributed by atoms with E-state index in [1.807, 2.05) is 24.0 Å². The molecule has 25 heavy (non-hydrogen) atoms. The van der Waals surface area contributed by atoms with E-state index in [9.17, 15) is 9.18 Å². The Morgan fingerprint density at radius 2 is 1.96 bits per heavy atom. The van der Waals surface area contributed by atoms with Crippen LogP contribution >= 0.6 is 11.6 Å². The first-order valence-electron chi connectivity index (χ1n) is 7.84. The van der Waals surface area contributed by atoms with Gasteiger partial charge in [0.15, 0.2) is 6.73 Å². The zero-order valence-electron chi connectivity index (χ0n) is 13.7. The van der Waals surface area contributed by atoms with Gasteiger partial charge in [0.25, 0.3) is 0 Å². The van der Waals surface area contributed by atoms with Crippen molar-refractivity contribution < 1.29 is 13.5 Å². The van der Waals surface area contributed by atoms with Gasteiger partial charge in [-0.2, -0.15) is 0 Å². The third-order valence-corrected chi connectivity index (χ3v) is 4.97. The molecule has 3 aromatic rings. The van der Waals surface area contributed by atoms with Gasteiger partial charge in [-0.1, -0.05) is 11.6 Å². The lowest BCUT2D eigenvalue weighted by molar-refractivity contribution is 0.289. The van der Waals surface area contributed by atoms with Crippen molar-refractivity contribution in [1.29, 1.82) is 0 Å². The quantitative estimate of drug-likeness (QED) is 0.597. The molecule has 0 spiro atoms. The van der Waals surface area contributed by atoms with Crippen LogP contribution in [0, 0.1) is 19.7 Å². The number of ether oxygens (including phenoxy) is 1. The Bertz CT molecular complexity index is 1060. The third kappa shape index (κ3) is 2.55. The lowest BCUT2D eigenvalue weighted by atomic mass is 10.0. The molecule has 0 fully saturated rings. The molecule has 0 bridgehead atoms. The highest BCUT2D eigenvalue weighted by Crippen LogP contribution is 2.35. The maximum absolute atomic E-state index is 13.4. The second-order valence-corrected chi connectivity index (χ2v) is 6.54. The standard InChI is InChI=1S/C19H15ClFNO3/c1-10-11(2)19(23)25-18-13(10)4-6-17-14(18)8-22(9-24-17)12-3-5-16(21)15(20)7-12/h3-7H,8-9H2,1-2H3. The van der Waals surface area contributed by atoms with E-state index in [4.69, 9.17) is 20.8 Å². The Balaban J connectivity index is 1.84. The number of benzene rings is 2. The molecule has 0 amide bonds. The van der Waals surface area contributed by atoms with Gasteiger partial charge >= 0.3 is 5.63 Å². The normalized spacial score (nSPS) is 13.7. The van der Waals surface area contributed by atoms with E-state index in [2.05, 4.69) is 0 Å². The van der Waals surface area contributed by atoms with Crippen molar-refractivity contribution in [2.45, 2.75) is 20.4 Å². The van der Waals surface area contributed by atoms with Gasteiger partial charge in [0.1, 0.15) is 17.1 Å². The SMILES string of the molecule is Cc1c(C)c2ccc3c(c2oc1=O)CN(c1ccc(F)c(Cl)c1)CO3. The Morgan fingerprint density at radius 1 is 1.16 bits per heavy atom. The fourth-order valence-corrected chi connectivity index (χ4v) is 3.24. The summed E-state index contributed by atoms with van der Waals surface area (Å²) in [4.78, 5) is 14.0. The number of nitrogens with zero attached hydrogens (tertiary/aromatic N) is 1. The summed E-state index contributed by atoms with van der Waals surface area (Å²) < 4.78 is 24.8. The van der Waals surface area contributed by atoms with Crippen LogP contribution in [-0.2, 0) is 6.54 Å². The Kier molecular flexibility index (Phi) is 3.69. The summed E-state index contributed by atoms with van der Waals surface area (Å²) in [7, 11) is 0. The van der Waals surface area contributed by atoms with E-state index in [0.29, 0.717) is 30.2 Å². The van der Waals surface area contributed by atoms with E-state index in [1.165, 1.54) is 6.07 Å². The largest absolute Gasteiger partial charge is 0.473 e. The van der Waals surface area contributed by atoms with Gasteiger partial charge in [0, 0.05) is 16.6 Å². The molecule has 0 aliphatic carbocycles. The lowest BCUT2D eigenvalue weighted by Gasteiger charge is -2.31. The highest BCUT2D eigenvalue weighted by atomic mass is 35.5. The fraction of sp³-hybridized carbons (Fsp3) is 0.211. The summed E-state index contributed by atoms with van der Waals surface area (Å²) in [5.74, 6) is 0.217. The molecule has 1 aliphatic rings. The minimum absolute atomic E-state index is 0.0548. The van der Waals surface area contributed by atoms with Gasteiger partial charge in [-0.05, 0) is 49.7 Å². The molecule has 0 unspecified atom stereocenters. The molecule has 0 atom stereocenters. The molecule has 1 aromatic heterocycles. The number of fused-ring (bicyclic) bond motifs is 3. The highest BCUT2D eigenvalue weighted by molar-refractivity contribution is 6.31. The molecule has 0 saturated heterocycles. The van der Waals surface area contributed by atoms with E-state index in [-0.39, 0.29) is 10.6 Å². The first kappa shape index (κ1) is 16.0. The van der Waals surface area contributed by atoms with E-state index in [1.54, 1.807) is 19.1 Å². The highest BCUT2D eigenvalue weighted by Gasteiger charge is 2.23. The van der Waals surface area contributed by atoms with Crippen LogP contribution in [0.2, 0.25) is 5.02 Å². The van der Waals surface area contributed by atoms with Crippen molar-refractivity contribution in [3.8, 4) is 5.75 Å². The Morgan fingerprint density at radius 3 is 2.72 bits per heavy atom. The topological polar surface area (TPSA) is 42.7 Å². The third-order valence-electron chi connectivity index (χ3n) is 4.68. The second kappa shape index (κ2) is 5.77. The van der Waals surface area contributed by atoms with Crippen LogP contribution in [0.5, 0.6) is 5.75 Å². The smallest absolute Gasteiger partial charge is 0.339 e. The van der Waals surface area contributed by atoms with Crippen LogP contribution in [0.1, 0.15) is 16.7 Å². The average Bonchev–Trinajstić information content (AvgIpc) is 2.61. The molecule has 2 aromatic carbocycles. The van der Waals surface area contributed by atoms with Gasteiger partial charge < -0.3 is 14.1 Å². The Hall–Kier alpha value is -2.53. The second-order valence-electron chi connectivity index (χ2n) is 6.13. The van der Waals surface area contributed by atoms with Gasteiger partial charge in [-0.3, -0.25) is 0 Å². The number of rotatable bonds is 1. The summed E-state index contributed by atoms with van der Waals surface area (Å²) in [5.41, 5.74) is 3.22. The molecule has 128 valence electrons. The molecule has 4 rings (SSSR count). The van der Waals surface area contributed by atoms with Gasteiger partial charge in [0.05, 0.1) is 17.1 Å². The van der Waals surface area contributed by atoms with Crippen molar-refractivity contribution in [2.75, 3.05) is 11.6 Å². The van der Waals surface area contributed by atoms with Crippen molar-refractivity contribution in [2.24, 2.45) is 0 Å². The predicted molar refractivity (Wildman–Crippen MR) is 95.0 cm³/mol. The van der Waals surface area contributed by atoms with E-state index in [0.717, 1.165) is 22.2 Å². The molecule has 1 aliphatic heterocycles. The molecule has 2 heterocycles. The maximum Gasteiger partial charge on any atom is 0.339 e. The minimum Gasteiger partial charge on any atom is -0.473 e. The predicted octanol–water partition coefficient (Wildman–Crippen LogP) is 4.56. The van der Waals surface area contributed by atoms with Crippen molar-refractivity contribution >= 4 is 28.3 Å². The summed E-state index contributed by atoms with van der Waals surface area (Å²) in [5, 5.41) is 0.942. The van der Waals surface area contributed by atoms with Gasteiger partial charge in [-0.25, -0.2) is 9.18 Å². The Labute approximate surface area is 148 Å². The summed E-state index contributed by atoms with van der Waals surface area (Å²) in [6.45, 7) is 4.43. The molecular formula is C19H15ClFNO3. The monoisotopic (exact) mass is 359 g/mol. The van der Waals surface area contributed by atoms with Crippen LogP contribution < -0.4 is 15.3 Å². The molecule has 0 N–H and O–H groups in total. The maximum atomic E-state index is 13.4. The van der Waals surface area contributed by atoms with E-state index < -0.39 is 5.82 Å². The average molecular weight is 360 g/mol. The van der Waals surface area contributed by atoms with E-state index >= 15 is 0 Å². The van der Waals surface area contributed by atoms with Crippen LogP contribution in [0.3, 0.4) is 0 Å². The fourth-order valence-electron chi connectivity index (χ4n) is 3.06. The first-order valence-corrected chi connectivity index (χ1v) is 8.22. The van der Waals surface area contributed by atoms with Crippen LogP contribution in [0.15, 0.2) is 39.5 Å².